The Labute approximate surface area is 235 Å². The number of amides is 1. The zero-order valence-corrected chi connectivity index (χ0v) is 23.3. The van der Waals surface area contributed by atoms with Gasteiger partial charge in [0.2, 0.25) is 5.75 Å². The number of carbonyl (C=O) groups is 3. The first-order valence-corrected chi connectivity index (χ1v) is 12.4. The number of carbonyl (C=O) groups excluding carboxylic acids is 3. The highest BCUT2D eigenvalue weighted by Gasteiger charge is 2.33. The molecule has 0 aliphatic carbocycles. The maximum absolute atomic E-state index is 14.4. The van der Waals surface area contributed by atoms with Gasteiger partial charge in [0.05, 0.1) is 27.2 Å². The van der Waals surface area contributed by atoms with Crippen LogP contribution in [0.25, 0.3) is 0 Å². The fourth-order valence-electron chi connectivity index (χ4n) is 4.24. The third-order valence-corrected chi connectivity index (χ3v) is 6.08. The number of aromatic nitrogens is 1. The fourth-order valence-corrected chi connectivity index (χ4v) is 4.24. The Balaban J connectivity index is 1.92. The summed E-state index contributed by atoms with van der Waals surface area (Å²) in [7, 11) is 4.10. The minimum absolute atomic E-state index is 0.0834. The largest absolute Gasteiger partial charge is 0.496 e. The topological polar surface area (TPSA) is 122 Å². The Morgan fingerprint density at radius 3 is 1.85 bits per heavy atom. The van der Waals surface area contributed by atoms with E-state index < -0.39 is 47.5 Å². The molecule has 1 N–H and O–H groups in total. The smallest absolute Gasteiger partial charge is 0.328 e. The van der Waals surface area contributed by atoms with Gasteiger partial charge in [-0.3, -0.25) is 9.59 Å². The molecule has 2 aromatic carbocycles. The van der Waals surface area contributed by atoms with Crippen LogP contribution in [-0.4, -0.2) is 56.3 Å². The molecule has 41 heavy (non-hydrogen) atoms. The SMILES string of the molecule is COc1ccc(F)cc1C(c1cc(F)ccc1OC)[C@H](C)OC(=O)[C@H](C)NC(=O)c1nccc(OC)c1OC(C)=O. The molecule has 0 aliphatic heterocycles. The molecule has 0 radical (unpaired) electrons. The molecule has 1 amide bonds. The summed E-state index contributed by atoms with van der Waals surface area (Å²) in [6.07, 6.45) is 0.245. The van der Waals surface area contributed by atoms with Gasteiger partial charge in [-0.1, -0.05) is 0 Å². The number of benzene rings is 2. The fraction of sp³-hybridized carbons (Fsp3) is 0.310. The van der Waals surface area contributed by atoms with Crippen LogP contribution in [0, 0.1) is 11.6 Å². The summed E-state index contributed by atoms with van der Waals surface area (Å²) >= 11 is 0. The average molecular weight is 573 g/mol. The quantitative estimate of drug-likeness (QED) is 0.337. The van der Waals surface area contributed by atoms with Gasteiger partial charge in [-0.2, -0.15) is 0 Å². The molecule has 0 aliphatic rings. The normalized spacial score (nSPS) is 12.2. The number of hydrogen-bond donors (Lipinski definition) is 1. The van der Waals surface area contributed by atoms with Gasteiger partial charge in [0, 0.05) is 30.3 Å². The lowest BCUT2D eigenvalue weighted by atomic mass is 9.85. The van der Waals surface area contributed by atoms with E-state index in [1.54, 1.807) is 0 Å². The van der Waals surface area contributed by atoms with Crippen molar-refractivity contribution in [3.05, 3.63) is 77.1 Å². The molecule has 0 saturated heterocycles. The van der Waals surface area contributed by atoms with Crippen molar-refractivity contribution in [3.63, 3.8) is 0 Å². The maximum atomic E-state index is 14.4. The number of halogens is 2. The number of rotatable bonds is 11. The maximum Gasteiger partial charge on any atom is 0.328 e. The highest BCUT2D eigenvalue weighted by atomic mass is 19.1. The summed E-state index contributed by atoms with van der Waals surface area (Å²) in [6, 6.07) is 7.80. The molecule has 12 heteroatoms. The lowest BCUT2D eigenvalue weighted by Gasteiger charge is -2.28. The van der Waals surface area contributed by atoms with Gasteiger partial charge in [-0.25, -0.2) is 18.6 Å². The number of nitrogens with one attached hydrogen (secondary N) is 1. The van der Waals surface area contributed by atoms with Crippen LogP contribution in [0.15, 0.2) is 48.7 Å². The van der Waals surface area contributed by atoms with Crippen LogP contribution in [0.5, 0.6) is 23.0 Å². The van der Waals surface area contributed by atoms with Crippen molar-refractivity contribution in [1.82, 2.24) is 10.3 Å². The minimum Gasteiger partial charge on any atom is -0.496 e. The molecule has 0 saturated carbocycles. The van der Waals surface area contributed by atoms with Crippen molar-refractivity contribution >= 4 is 17.8 Å². The summed E-state index contributed by atoms with van der Waals surface area (Å²) in [6.45, 7) is 4.06. The van der Waals surface area contributed by atoms with E-state index in [2.05, 4.69) is 10.3 Å². The van der Waals surface area contributed by atoms with Gasteiger partial charge in [0.1, 0.15) is 35.3 Å². The van der Waals surface area contributed by atoms with Crippen LogP contribution in [-0.2, 0) is 14.3 Å². The van der Waals surface area contributed by atoms with Gasteiger partial charge in [-0.15, -0.1) is 0 Å². The van der Waals surface area contributed by atoms with E-state index in [0.29, 0.717) is 0 Å². The molecular weight excluding hydrogens is 542 g/mol. The van der Waals surface area contributed by atoms with E-state index in [1.165, 1.54) is 83.8 Å². The van der Waals surface area contributed by atoms with Crippen molar-refractivity contribution < 1.29 is 46.8 Å². The van der Waals surface area contributed by atoms with Gasteiger partial charge in [0.15, 0.2) is 11.4 Å². The minimum atomic E-state index is -1.22. The molecule has 0 unspecified atom stereocenters. The molecule has 1 aromatic heterocycles. The molecule has 3 aromatic rings. The Bertz CT molecular complexity index is 1380. The first-order valence-electron chi connectivity index (χ1n) is 12.4. The molecule has 0 spiro atoms. The van der Waals surface area contributed by atoms with E-state index in [9.17, 15) is 23.2 Å². The second-order valence-corrected chi connectivity index (χ2v) is 8.87. The van der Waals surface area contributed by atoms with Crippen LogP contribution in [0.3, 0.4) is 0 Å². The lowest BCUT2D eigenvalue weighted by Crippen LogP contribution is -2.41. The molecule has 1 heterocycles. The van der Waals surface area contributed by atoms with Crippen LogP contribution in [0.1, 0.15) is 48.3 Å². The highest BCUT2D eigenvalue weighted by Crippen LogP contribution is 2.40. The summed E-state index contributed by atoms with van der Waals surface area (Å²) in [4.78, 5) is 41.6. The number of methoxy groups -OCH3 is 3. The second-order valence-electron chi connectivity index (χ2n) is 8.87. The van der Waals surface area contributed by atoms with Crippen molar-refractivity contribution in [3.8, 4) is 23.0 Å². The van der Waals surface area contributed by atoms with Gasteiger partial charge < -0.3 is 29.0 Å². The number of hydrogen-bond acceptors (Lipinski definition) is 9. The summed E-state index contributed by atoms with van der Waals surface area (Å²) in [5, 5.41) is 2.46. The molecular formula is C29H30F2N2O8. The van der Waals surface area contributed by atoms with E-state index >= 15 is 0 Å². The molecule has 218 valence electrons. The number of nitrogens with zero attached hydrogens (tertiary/aromatic N) is 1. The predicted molar refractivity (Wildman–Crippen MR) is 142 cm³/mol. The van der Waals surface area contributed by atoms with E-state index in [-0.39, 0.29) is 39.8 Å². The zero-order valence-electron chi connectivity index (χ0n) is 23.3. The Morgan fingerprint density at radius 1 is 0.829 bits per heavy atom. The third-order valence-electron chi connectivity index (χ3n) is 6.08. The molecule has 0 fully saturated rings. The molecule has 2 atom stereocenters. The Kier molecular flexibility index (Phi) is 10.2. The lowest BCUT2D eigenvalue weighted by molar-refractivity contribution is -0.150. The first kappa shape index (κ1) is 30.8. The Morgan fingerprint density at radius 2 is 1.37 bits per heavy atom. The molecule has 10 nitrogen and oxygen atoms in total. The average Bonchev–Trinajstić information content (AvgIpc) is 2.93. The van der Waals surface area contributed by atoms with Gasteiger partial charge >= 0.3 is 11.9 Å². The number of ether oxygens (including phenoxy) is 5. The Hall–Kier alpha value is -4.74. The predicted octanol–water partition coefficient (Wildman–Crippen LogP) is 4.19. The first-order chi connectivity index (χ1) is 19.5. The van der Waals surface area contributed by atoms with Crippen LogP contribution < -0.4 is 24.3 Å². The summed E-state index contributed by atoms with van der Waals surface area (Å²) in [5.41, 5.74) is 0.263. The van der Waals surface area contributed by atoms with Crippen molar-refractivity contribution in [2.75, 3.05) is 21.3 Å². The van der Waals surface area contributed by atoms with Crippen LogP contribution >= 0.6 is 0 Å². The number of esters is 2. The standard InChI is InChI=1S/C29H30F2N2O8/c1-15(33-28(35)26-27(41-17(3)34)24(39-6)11-12-32-26)29(36)40-16(2)25(20-13-18(30)7-9-22(20)37-4)21-14-19(31)8-10-23(21)38-5/h7-16,25H,1-6H3,(H,33,35)/t15-,16-/m0/s1. The summed E-state index contributed by atoms with van der Waals surface area (Å²) < 4.78 is 55.5. The zero-order chi connectivity index (χ0) is 30.3. The second kappa shape index (κ2) is 13.6. The van der Waals surface area contributed by atoms with Gasteiger partial charge in [-0.05, 0) is 50.2 Å². The monoisotopic (exact) mass is 572 g/mol. The molecule has 0 bridgehead atoms. The van der Waals surface area contributed by atoms with E-state index in [0.717, 1.165) is 6.92 Å². The van der Waals surface area contributed by atoms with Crippen molar-refractivity contribution in [2.45, 2.75) is 38.8 Å². The highest BCUT2D eigenvalue weighted by molar-refractivity contribution is 5.98. The van der Waals surface area contributed by atoms with Crippen molar-refractivity contribution in [2.24, 2.45) is 0 Å². The third kappa shape index (κ3) is 7.27. The summed E-state index contributed by atoms with van der Waals surface area (Å²) in [5.74, 6) is -4.11. The van der Waals surface area contributed by atoms with Crippen LogP contribution in [0.2, 0.25) is 0 Å². The number of pyridine rings is 1. The molecule has 3 rings (SSSR count). The van der Waals surface area contributed by atoms with Crippen LogP contribution in [0.4, 0.5) is 8.78 Å². The van der Waals surface area contributed by atoms with Gasteiger partial charge in [0.25, 0.3) is 5.91 Å². The van der Waals surface area contributed by atoms with E-state index in [1.807, 2.05) is 0 Å². The van der Waals surface area contributed by atoms with E-state index in [4.69, 9.17) is 23.7 Å². The van der Waals surface area contributed by atoms with Crippen molar-refractivity contribution in [1.29, 1.82) is 0 Å².